The molecule has 9 nitrogen and oxygen atoms in total. The lowest BCUT2D eigenvalue weighted by Gasteiger charge is -2.38. The van der Waals surface area contributed by atoms with Crippen LogP contribution in [0.1, 0.15) is 73.7 Å². The van der Waals surface area contributed by atoms with E-state index < -0.39 is 0 Å². The van der Waals surface area contributed by atoms with E-state index in [-0.39, 0.29) is 24.1 Å². The Labute approximate surface area is 297 Å². The third-order valence-corrected chi connectivity index (χ3v) is 11.4. The van der Waals surface area contributed by atoms with E-state index in [4.69, 9.17) is 4.98 Å². The van der Waals surface area contributed by atoms with E-state index in [0.717, 1.165) is 87.1 Å². The number of anilines is 1. The van der Waals surface area contributed by atoms with Gasteiger partial charge in [-0.15, -0.1) is 0 Å². The van der Waals surface area contributed by atoms with Crippen molar-refractivity contribution < 1.29 is 9.59 Å². The Bertz CT molecular complexity index is 1800. The fraction of sp³-hybridized carbons (Fsp3) is 0.488. The molecule has 4 amide bonds. The molecule has 0 bridgehead atoms. The number of nitrogens with one attached hydrogen (secondary N) is 2. The van der Waals surface area contributed by atoms with Crippen molar-refractivity contribution in [2.24, 2.45) is 5.92 Å². The van der Waals surface area contributed by atoms with Crippen molar-refractivity contribution in [3.05, 3.63) is 94.8 Å². The third kappa shape index (κ3) is 7.38. The highest BCUT2D eigenvalue weighted by molar-refractivity contribution is 5.91. The number of urea groups is 2. The molecule has 0 spiro atoms. The third-order valence-electron chi connectivity index (χ3n) is 11.4. The van der Waals surface area contributed by atoms with Gasteiger partial charge in [-0.3, -0.25) is 0 Å². The van der Waals surface area contributed by atoms with Gasteiger partial charge in [0.1, 0.15) is 5.82 Å². The topological polar surface area (TPSA) is 85.7 Å². The maximum Gasteiger partial charge on any atom is 0.322 e. The highest BCUT2D eigenvalue weighted by Gasteiger charge is 2.33. The number of carbonyl (C=O) groups excluding carboxylic acids is 2. The van der Waals surface area contributed by atoms with E-state index in [1.165, 1.54) is 22.3 Å². The number of piperidine rings is 2. The van der Waals surface area contributed by atoms with Gasteiger partial charge in [0.05, 0.1) is 17.1 Å². The van der Waals surface area contributed by atoms with Crippen LogP contribution in [0.25, 0.3) is 11.0 Å². The smallest absolute Gasteiger partial charge is 0.322 e. The first-order valence-corrected chi connectivity index (χ1v) is 18.9. The average Bonchev–Trinajstić information content (AvgIpc) is 3.41. The zero-order valence-electron chi connectivity index (χ0n) is 30.0. The maximum absolute atomic E-state index is 14.2. The van der Waals surface area contributed by atoms with Gasteiger partial charge in [0, 0.05) is 37.9 Å². The van der Waals surface area contributed by atoms with Gasteiger partial charge in [-0.25, -0.2) is 14.6 Å². The standard InChI is InChI=1S/C41H53N7O2/c1-4-31-15-14-30(26-32(31)5-2)27-37(39-42-36-12-8-9-13-38(36)48(39)28-29-16-21-45(3)22-17-29)44-40(49)46-23-19-34(20-24-46)47-25-18-33-10-6-7-11-35(33)43-41(47)50/h6-15,26,29,34,37H,4-5,16-25,27-28H2,1-3H3,(H,43,50)(H,44,49). The number of hydrogen-bond donors (Lipinski definition) is 2. The fourth-order valence-corrected chi connectivity index (χ4v) is 8.34. The van der Waals surface area contributed by atoms with Crippen LogP contribution in [0.15, 0.2) is 66.7 Å². The van der Waals surface area contributed by atoms with Crippen molar-refractivity contribution in [1.29, 1.82) is 0 Å². The molecule has 4 aromatic rings. The minimum Gasteiger partial charge on any atom is -0.328 e. The van der Waals surface area contributed by atoms with E-state index >= 15 is 0 Å². The lowest BCUT2D eigenvalue weighted by Crippen LogP contribution is -2.52. The predicted molar refractivity (Wildman–Crippen MR) is 201 cm³/mol. The second kappa shape index (κ2) is 15.3. The average molecular weight is 676 g/mol. The molecule has 264 valence electrons. The summed E-state index contributed by atoms with van der Waals surface area (Å²) in [5.41, 5.74) is 8.16. The number of amides is 4. The van der Waals surface area contributed by atoms with Crippen molar-refractivity contribution in [1.82, 2.24) is 29.6 Å². The molecular formula is C41H53N7O2. The number of para-hydroxylation sites is 3. The second-order valence-electron chi connectivity index (χ2n) is 14.6. The van der Waals surface area contributed by atoms with Gasteiger partial charge in [0.2, 0.25) is 0 Å². The van der Waals surface area contributed by atoms with Crippen molar-refractivity contribution in [2.45, 2.75) is 83.8 Å². The first-order chi connectivity index (χ1) is 24.4. The molecule has 0 radical (unpaired) electrons. The molecule has 3 aromatic carbocycles. The van der Waals surface area contributed by atoms with Crippen molar-refractivity contribution in [3.8, 4) is 0 Å². The van der Waals surface area contributed by atoms with Crippen LogP contribution in [0, 0.1) is 5.92 Å². The van der Waals surface area contributed by atoms with Gasteiger partial charge in [-0.1, -0.05) is 62.4 Å². The molecule has 4 heterocycles. The van der Waals surface area contributed by atoms with Gasteiger partial charge in [0.15, 0.2) is 0 Å². The summed E-state index contributed by atoms with van der Waals surface area (Å²) in [5.74, 6) is 1.50. The lowest BCUT2D eigenvalue weighted by molar-refractivity contribution is 0.133. The van der Waals surface area contributed by atoms with Crippen LogP contribution in [0.4, 0.5) is 15.3 Å². The Morgan fingerprint density at radius 2 is 1.64 bits per heavy atom. The molecule has 0 saturated carbocycles. The Balaban J connectivity index is 1.11. The predicted octanol–water partition coefficient (Wildman–Crippen LogP) is 7.05. The summed E-state index contributed by atoms with van der Waals surface area (Å²) < 4.78 is 2.40. The van der Waals surface area contributed by atoms with Crippen LogP contribution >= 0.6 is 0 Å². The number of fused-ring (bicyclic) bond motifs is 2. The molecule has 3 aliphatic heterocycles. The Hall–Kier alpha value is -4.37. The zero-order valence-corrected chi connectivity index (χ0v) is 30.0. The van der Waals surface area contributed by atoms with Crippen LogP contribution in [0.5, 0.6) is 0 Å². The minimum atomic E-state index is -0.286. The molecule has 1 unspecified atom stereocenters. The number of nitrogens with zero attached hydrogens (tertiary/aromatic N) is 5. The van der Waals surface area contributed by atoms with Crippen molar-refractivity contribution in [2.75, 3.05) is 45.1 Å². The van der Waals surface area contributed by atoms with Crippen LogP contribution < -0.4 is 10.6 Å². The molecule has 0 aliphatic carbocycles. The highest BCUT2D eigenvalue weighted by atomic mass is 16.2. The van der Waals surface area contributed by atoms with Gasteiger partial charge >= 0.3 is 12.1 Å². The van der Waals surface area contributed by atoms with Crippen LogP contribution in [-0.2, 0) is 32.2 Å². The lowest BCUT2D eigenvalue weighted by atomic mass is 9.95. The Morgan fingerprint density at radius 1 is 0.900 bits per heavy atom. The van der Waals surface area contributed by atoms with E-state index in [9.17, 15) is 9.59 Å². The van der Waals surface area contributed by atoms with E-state index in [1.807, 2.05) is 28.0 Å². The van der Waals surface area contributed by atoms with Gasteiger partial charge in [-0.2, -0.15) is 0 Å². The summed E-state index contributed by atoms with van der Waals surface area (Å²) in [6.07, 6.45) is 7.33. The van der Waals surface area contributed by atoms with E-state index in [0.29, 0.717) is 32.0 Å². The summed E-state index contributed by atoms with van der Waals surface area (Å²) in [4.78, 5) is 39.0. The normalized spacial score (nSPS) is 18.5. The molecule has 9 heteroatoms. The Morgan fingerprint density at radius 3 is 2.42 bits per heavy atom. The summed E-state index contributed by atoms with van der Waals surface area (Å²) in [6.45, 7) is 9.45. The van der Waals surface area contributed by atoms with Gasteiger partial charge in [-0.05, 0) is 118 Å². The number of likely N-dealkylation sites (tertiary alicyclic amines) is 2. The molecular weight excluding hydrogens is 622 g/mol. The van der Waals surface area contributed by atoms with Gasteiger partial charge in [0.25, 0.3) is 0 Å². The molecule has 2 saturated heterocycles. The quantitative estimate of drug-likeness (QED) is 0.199. The fourth-order valence-electron chi connectivity index (χ4n) is 8.34. The maximum atomic E-state index is 14.2. The molecule has 1 atom stereocenters. The molecule has 1 aromatic heterocycles. The minimum absolute atomic E-state index is 0.0398. The summed E-state index contributed by atoms with van der Waals surface area (Å²) >= 11 is 0. The molecule has 2 fully saturated rings. The van der Waals surface area contributed by atoms with Gasteiger partial charge < -0.3 is 29.9 Å². The molecule has 7 rings (SSSR count). The largest absolute Gasteiger partial charge is 0.328 e. The van der Waals surface area contributed by atoms with Crippen LogP contribution in [0.3, 0.4) is 0 Å². The Kier molecular flexibility index (Phi) is 10.4. The van der Waals surface area contributed by atoms with Crippen LogP contribution in [-0.4, -0.2) is 82.1 Å². The highest BCUT2D eigenvalue weighted by Crippen LogP contribution is 2.30. The summed E-state index contributed by atoms with van der Waals surface area (Å²) in [5, 5.41) is 6.61. The number of benzene rings is 3. The number of aryl methyl sites for hydroxylation is 2. The number of imidazole rings is 1. The van der Waals surface area contributed by atoms with E-state index in [2.05, 4.69) is 89.5 Å². The molecule has 50 heavy (non-hydrogen) atoms. The summed E-state index contributed by atoms with van der Waals surface area (Å²) in [7, 11) is 2.21. The zero-order chi connectivity index (χ0) is 34.6. The number of aromatic nitrogens is 2. The summed E-state index contributed by atoms with van der Waals surface area (Å²) in [6, 6.07) is 23.0. The number of carbonyl (C=O) groups is 2. The van der Waals surface area contributed by atoms with Crippen molar-refractivity contribution >= 4 is 28.8 Å². The van der Waals surface area contributed by atoms with Crippen LogP contribution in [0.2, 0.25) is 0 Å². The van der Waals surface area contributed by atoms with Crippen molar-refractivity contribution in [3.63, 3.8) is 0 Å². The van der Waals surface area contributed by atoms with E-state index in [1.54, 1.807) is 0 Å². The second-order valence-corrected chi connectivity index (χ2v) is 14.6. The molecule has 3 aliphatic rings. The number of rotatable bonds is 9. The molecule has 2 N–H and O–H groups in total. The number of hydrogen-bond acceptors (Lipinski definition) is 4. The monoisotopic (exact) mass is 675 g/mol. The SMILES string of the molecule is CCc1ccc(CC(NC(=O)N2CCC(N3CCc4ccccc4NC3=O)CC2)c2nc3ccccc3n2CC2CCN(C)CC2)cc1CC. The first-order valence-electron chi connectivity index (χ1n) is 18.9. The first kappa shape index (κ1) is 34.1.